The third kappa shape index (κ3) is 3.48. The van der Waals surface area contributed by atoms with E-state index in [0.29, 0.717) is 16.8 Å². The summed E-state index contributed by atoms with van der Waals surface area (Å²) in [6, 6.07) is 0. The maximum Gasteiger partial charge on any atom is 0.278 e. The predicted molar refractivity (Wildman–Crippen MR) is 68.5 cm³/mol. The van der Waals surface area contributed by atoms with Crippen molar-refractivity contribution >= 4 is 5.69 Å². The minimum Gasteiger partial charge on any atom is -0.371 e. The van der Waals surface area contributed by atoms with Crippen LogP contribution >= 0.6 is 0 Å². The largest absolute Gasteiger partial charge is 0.371 e. The minimum absolute atomic E-state index is 0.0385. The fourth-order valence-corrected chi connectivity index (χ4v) is 1.76. The van der Waals surface area contributed by atoms with Crippen molar-refractivity contribution in [3.05, 3.63) is 33.1 Å². The normalized spacial score (nSPS) is 12.4. The SMILES string of the molecule is CNCC(C)OCc1ncc(C)c([N+](=O)[O-])c1C. The molecule has 1 unspecified atom stereocenters. The van der Waals surface area contributed by atoms with Crippen LogP contribution in [0.25, 0.3) is 0 Å². The Balaban J connectivity index is 2.85. The number of nitro groups is 1. The van der Waals surface area contributed by atoms with Crippen molar-refractivity contribution in [3.63, 3.8) is 0 Å². The van der Waals surface area contributed by atoms with Gasteiger partial charge in [-0.25, -0.2) is 0 Å². The Labute approximate surface area is 107 Å². The number of nitrogens with zero attached hydrogens (tertiary/aromatic N) is 2. The van der Waals surface area contributed by atoms with E-state index in [2.05, 4.69) is 10.3 Å². The number of aryl methyl sites for hydroxylation is 1. The van der Waals surface area contributed by atoms with Gasteiger partial charge in [0.25, 0.3) is 5.69 Å². The summed E-state index contributed by atoms with van der Waals surface area (Å²) < 4.78 is 5.58. The van der Waals surface area contributed by atoms with Crippen LogP contribution in [0.3, 0.4) is 0 Å². The quantitative estimate of drug-likeness (QED) is 0.617. The van der Waals surface area contributed by atoms with E-state index in [-0.39, 0.29) is 23.3 Å². The zero-order valence-electron chi connectivity index (χ0n) is 11.2. The maximum atomic E-state index is 11.0. The van der Waals surface area contributed by atoms with Crippen LogP contribution in [0.5, 0.6) is 0 Å². The van der Waals surface area contributed by atoms with Gasteiger partial charge in [-0.05, 0) is 27.8 Å². The summed E-state index contributed by atoms with van der Waals surface area (Å²) in [5, 5.41) is 14.0. The van der Waals surface area contributed by atoms with Gasteiger partial charge in [0, 0.05) is 18.3 Å². The second kappa shape index (κ2) is 6.42. The molecule has 0 aliphatic carbocycles. The fourth-order valence-electron chi connectivity index (χ4n) is 1.76. The summed E-state index contributed by atoms with van der Waals surface area (Å²) in [6.45, 7) is 6.35. The van der Waals surface area contributed by atoms with E-state index in [0.717, 1.165) is 6.54 Å². The molecule has 1 aromatic heterocycles. The number of ether oxygens (including phenoxy) is 1. The van der Waals surface area contributed by atoms with E-state index < -0.39 is 0 Å². The highest BCUT2D eigenvalue weighted by Crippen LogP contribution is 2.24. The standard InChI is InChI=1S/C12H19N3O3/c1-8-5-14-11(7-18-9(2)6-13-4)10(3)12(8)15(16)17/h5,9,13H,6-7H2,1-4H3. The molecule has 0 saturated heterocycles. The lowest BCUT2D eigenvalue weighted by molar-refractivity contribution is -0.386. The van der Waals surface area contributed by atoms with E-state index in [1.807, 2.05) is 14.0 Å². The van der Waals surface area contributed by atoms with Crippen molar-refractivity contribution < 1.29 is 9.66 Å². The van der Waals surface area contributed by atoms with Gasteiger partial charge in [-0.2, -0.15) is 0 Å². The zero-order chi connectivity index (χ0) is 13.7. The van der Waals surface area contributed by atoms with Gasteiger partial charge in [0.05, 0.1) is 28.9 Å². The Bertz CT molecular complexity index is 435. The summed E-state index contributed by atoms with van der Waals surface area (Å²) in [5.74, 6) is 0. The van der Waals surface area contributed by atoms with Gasteiger partial charge in [0.2, 0.25) is 0 Å². The number of pyridine rings is 1. The number of hydrogen-bond donors (Lipinski definition) is 1. The van der Waals surface area contributed by atoms with Gasteiger partial charge >= 0.3 is 0 Å². The summed E-state index contributed by atoms with van der Waals surface area (Å²) in [4.78, 5) is 14.8. The average Bonchev–Trinajstić information content (AvgIpc) is 2.28. The molecule has 100 valence electrons. The molecule has 6 heteroatoms. The lowest BCUT2D eigenvalue weighted by atomic mass is 10.1. The highest BCUT2D eigenvalue weighted by atomic mass is 16.6. The smallest absolute Gasteiger partial charge is 0.278 e. The van der Waals surface area contributed by atoms with Gasteiger partial charge in [-0.1, -0.05) is 0 Å². The number of aromatic nitrogens is 1. The summed E-state index contributed by atoms with van der Waals surface area (Å²) in [5.41, 5.74) is 1.90. The number of nitrogens with one attached hydrogen (secondary N) is 1. The van der Waals surface area contributed by atoms with Crippen LogP contribution in [0, 0.1) is 24.0 Å². The molecule has 1 rings (SSSR count). The minimum atomic E-state index is -0.368. The van der Waals surface area contributed by atoms with Gasteiger partial charge in [0.15, 0.2) is 0 Å². The Hall–Kier alpha value is -1.53. The third-order valence-corrected chi connectivity index (χ3v) is 2.75. The van der Waals surface area contributed by atoms with E-state index in [9.17, 15) is 10.1 Å². The van der Waals surface area contributed by atoms with E-state index >= 15 is 0 Å². The molecule has 1 N–H and O–H groups in total. The summed E-state index contributed by atoms with van der Waals surface area (Å²) in [7, 11) is 1.85. The lowest BCUT2D eigenvalue weighted by Gasteiger charge is -2.13. The second-order valence-electron chi connectivity index (χ2n) is 4.30. The number of rotatable bonds is 6. The van der Waals surface area contributed by atoms with E-state index in [1.165, 1.54) is 6.20 Å². The molecule has 0 aliphatic heterocycles. The van der Waals surface area contributed by atoms with Crippen LogP contribution in [0.15, 0.2) is 6.20 Å². The van der Waals surface area contributed by atoms with Crippen molar-refractivity contribution in [2.24, 2.45) is 0 Å². The molecule has 1 atom stereocenters. The van der Waals surface area contributed by atoms with Crippen LogP contribution in [-0.4, -0.2) is 29.6 Å². The Morgan fingerprint density at radius 2 is 2.22 bits per heavy atom. The molecule has 0 aromatic carbocycles. The lowest BCUT2D eigenvalue weighted by Crippen LogP contribution is -2.23. The Kier molecular flexibility index (Phi) is 5.18. The van der Waals surface area contributed by atoms with Crippen molar-refractivity contribution in [2.75, 3.05) is 13.6 Å². The highest BCUT2D eigenvalue weighted by Gasteiger charge is 2.18. The molecular weight excluding hydrogens is 234 g/mol. The first-order valence-electron chi connectivity index (χ1n) is 5.83. The van der Waals surface area contributed by atoms with Gasteiger partial charge in [-0.3, -0.25) is 15.1 Å². The molecule has 18 heavy (non-hydrogen) atoms. The van der Waals surface area contributed by atoms with Crippen molar-refractivity contribution in [1.82, 2.24) is 10.3 Å². The molecule has 0 radical (unpaired) electrons. The van der Waals surface area contributed by atoms with Gasteiger partial charge < -0.3 is 10.1 Å². The van der Waals surface area contributed by atoms with Crippen molar-refractivity contribution in [2.45, 2.75) is 33.5 Å². The molecule has 0 aliphatic rings. The molecule has 6 nitrogen and oxygen atoms in total. The Morgan fingerprint density at radius 3 is 2.78 bits per heavy atom. The molecule has 1 heterocycles. The molecule has 1 aromatic rings. The van der Waals surface area contributed by atoms with Crippen molar-refractivity contribution in [3.8, 4) is 0 Å². The average molecular weight is 253 g/mol. The molecular formula is C12H19N3O3. The Morgan fingerprint density at radius 1 is 1.56 bits per heavy atom. The first kappa shape index (κ1) is 14.5. The van der Waals surface area contributed by atoms with Gasteiger partial charge in [-0.15, -0.1) is 0 Å². The highest BCUT2D eigenvalue weighted by molar-refractivity contribution is 5.47. The topological polar surface area (TPSA) is 77.3 Å². The molecule has 0 spiro atoms. The summed E-state index contributed by atoms with van der Waals surface area (Å²) in [6.07, 6.45) is 1.56. The van der Waals surface area contributed by atoms with Crippen LogP contribution in [-0.2, 0) is 11.3 Å². The molecule has 0 amide bonds. The molecule has 0 fully saturated rings. The number of hydrogen-bond acceptors (Lipinski definition) is 5. The van der Waals surface area contributed by atoms with Crippen LogP contribution < -0.4 is 5.32 Å². The second-order valence-corrected chi connectivity index (χ2v) is 4.30. The number of likely N-dealkylation sites (N-methyl/N-ethyl adjacent to an activating group) is 1. The van der Waals surface area contributed by atoms with Crippen LogP contribution in [0.1, 0.15) is 23.7 Å². The van der Waals surface area contributed by atoms with E-state index in [1.54, 1.807) is 13.8 Å². The van der Waals surface area contributed by atoms with Crippen molar-refractivity contribution in [1.29, 1.82) is 0 Å². The monoisotopic (exact) mass is 253 g/mol. The summed E-state index contributed by atoms with van der Waals surface area (Å²) >= 11 is 0. The van der Waals surface area contributed by atoms with Crippen LogP contribution in [0.2, 0.25) is 0 Å². The third-order valence-electron chi connectivity index (χ3n) is 2.75. The molecule has 0 bridgehead atoms. The predicted octanol–water partition coefficient (Wildman–Crippen LogP) is 1.73. The van der Waals surface area contributed by atoms with E-state index in [4.69, 9.17) is 4.74 Å². The zero-order valence-corrected chi connectivity index (χ0v) is 11.2. The first-order valence-corrected chi connectivity index (χ1v) is 5.83. The maximum absolute atomic E-state index is 11.0. The fraction of sp³-hybridized carbons (Fsp3) is 0.583. The molecule has 0 saturated carbocycles. The van der Waals surface area contributed by atoms with Gasteiger partial charge in [0.1, 0.15) is 0 Å². The van der Waals surface area contributed by atoms with Crippen LogP contribution in [0.4, 0.5) is 5.69 Å². The first-order chi connectivity index (χ1) is 8.47.